The molecule has 16 heavy (non-hydrogen) atoms. The van der Waals surface area contributed by atoms with Crippen LogP contribution in [0.5, 0.6) is 0 Å². The first-order valence-corrected chi connectivity index (χ1v) is 5.46. The SMILES string of the molecule is CCNC(c1ccccc1)c1ccnnc1. The van der Waals surface area contributed by atoms with Crippen LogP contribution < -0.4 is 5.32 Å². The highest BCUT2D eigenvalue weighted by molar-refractivity contribution is 5.29. The molecule has 1 atom stereocenters. The molecule has 1 aromatic heterocycles. The van der Waals surface area contributed by atoms with Gasteiger partial charge in [0, 0.05) is 6.20 Å². The summed E-state index contributed by atoms with van der Waals surface area (Å²) in [6, 6.07) is 12.6. The molecule has 0 aliphatic carbocycles. The lowest BCUT2D eigenvalue weighted by Crippen LogP contribution is -2.22. The molecule has 0 fully saturated rings. The van der Waals surface area contributed by atoms with Crippen molar-refractivity contribution in [3.8, 4) is 0 Å². The standard InChI is InChI=1S/C13H15N3/c1-2-14-13(11-6-4-3-5-7-11)12-8-9-15-16-10-12/h3-10,13-14H,2H2,1H3. The minimum absolute atomic E-state index is 0.196. The summed E-state index contributed by atoms with van der Waals surface area (Å²) in [5.41, 5.74) is 2.39. The zero-order chi connectivity index (χ0) is 11.2. The van der Waals surface area contributed by atoms with Crippen molar-refractivity contribution in [2.24, 2.45) is 0 Å². The van der Waals surface area contributed by atoms with Crippen molar-refractivity contribution >= 4 is 0 Å². The second kappa shape index (κ2) is 5.37. The number of aromatic nitrogens is 2. The molecule has 0 amide bonds. The lowest BCUT2D eigenvalue weighted by Gasteiger charge is -2.17. The molecular formula is C13H15N3. The molecule has 3 nitrogen and oxygen atoms in total. The summed E-state index contributed by atoms with van der Waals surface area (Å²) in [6.45, 7) is 3.02. The van der Waals surface area contributed by atoms with E-state index in [-0.39, 0.29) is 6.04 Å². The summed E-state index contributed by atoms with van der Waals surface area (Å²) in [5.74, 6) is 0. The van der Waals surface area contributed by atoms with Crippen LogP contribution in [0.15, 0.2) is 48.8 Å². The number of benzene rings is 1. The van der Waals surface area contributed by atoms with Gasteiger partial charge >= 0.3 is 0 Å². The molecule has 0 aliphatic rings. The molecule has 0 saturated carbocycles. The highest BCUT2D eigenvalue weighted by atomic mass is 15.1. The van der Waals surface area contributed by atoms with E-state index in [1.54, 1.807) is 12.4 Å². The third-order valence-electron chi connectivity index (χ3n) is 2.48. The molecule has 0 spiro atoms. The van der Waals surface area contributed by atoms with E-state index >= 15 is 0 Å². The molecule has 1 aromatic carbocycles. The summed E-state index contributed by atoms with van der Waals surface area (Å²) >= 11 is 0. The highest BCUT2D eigenvalue weighted by Gasteiger charge is 2.11. The van der Waals surface area contributed by atoms with Crippen molar-refractivity contribution in [2.45, 2.75) is 13.0 Å². The molecule has 0 bridgehead atoms. The van der Waals surface area contributed by atoms with Crippen LogP contribution >= 0.6 is 0 Å². The Kier molecular flexibility index (Phi) is 3.62. The molecular weight excluding hydrogens is 198 g/mol. The zero-order valence-electron chi connectivity index (χ0n) is 9.30. The van der Waals surface area contributed by atoms with Gasteiger partial charge in [0.2, 0.25) is 0 Å². The molecule has 82 valence electrons. The van der Waals surface area contributed by atoms with Gasteiger partial charge in [0.15, 0.2) is 0 Å². The Hall–Kier alpha value is -1.74. The molecule has 3 heteroatoms. The van der Waals surface area contributed by atoms with Gasteiger partial charge in [-0.1, -0.05) is 37.3 Å². The summed E-state index contributed by atoms with van der Waals surface area (Å²) in [4.78, 5) is 0. The maximum Gasteiger partial charge on any atom is 0.0593 e. The first kappa shape index (κ1) is 10.8. The van der Waals surface area contributed by atoms with Gasteiger partial charge in [0.1, 0.15) is 0 Å². The average Bonchev–Trinajstić information content (AvgIpc) is 2.38. The van der Waals surface area contributed by atoms with Crippen LogP contribution in [0.4, 0.5) is 0 Å². The van der Waals surface area contributed by atoms with Gasteiger partial charge in [-0.2, -0.15) is 10.2 Å². The van der Waals surface area contributed by atoms with Crippen LogP contribution in [0.1, 0.15) is 24.1 Å². The normalized spacial score (nSPS) is 12.3. The fourth-order valence-corrected chi connectivity index (χ4v) is 1.75. The van der Waals surface area contributed by atoms with E-state index in [2.05, 4.69) is 34.6 Å². The smallest absolute Gasteiger partial charge is 0.0593 e. The Balaban J connectivity index is 2.31. The van der Waals surface area contributed by atoms with E-state index < -0.39 is 0 Å². The van der Waals surface area contributed by atoms with Crippen molar-refractivity contribution in [3.63, 3.8) is 0 Å². The van der Waals surface area contributed by atoms with Crippen molar-refractivity contribution in [1.29, 1.82) is 0 Å². The highest BCUT2D eigenvalue weighted by Crippen LogP contribution is 2.20. The fraction of sp³-hybridized carbons (Fsp3) is 0.231. The van der Waals surface area contributed by atoms with Crippen LogP contribution in [-0.2, 0) is 0 Å². The van der Waals surface area contributed by atoms with Crippen LogP contribution in [0, 0.1) is 0 Å². The zero-order valence-corrected chi connectivity index (χ0v) is 9.30. The monoisotopic (exact) mass is 213 g/mol. The minimum Gasteiger partial charge on any atom is -0.306 e. The summed E-state index contributed by atoms with van der Waals surface area (Å²) in [6.07, 6.45) is 3.53. The van der Waals surface area contributed by atoms with Gasteiger partial charge in [-0.15, -0.1) is 0 Å². The average molecular weight is 213 g/mol. The Morgan fingerprint density at radius 3 is 2.50 bits per heavy atom. The first-order valence-electron chi connectivity index (χ1n) is 5.46. The quantitative estimate of drug-likeness (QED) is 0.845. The maximum atomic E-state index is 3.92. The van der Waals surface area contributed by atoms with Crippen LogP contribution in [0.3, 0.4) is 0 Å². The Morgan fingerprint density at radius 2 is 1.88 bits per heavy atom. The largest absolute Gasteiger partial charge is 0.306 e. The summed E-state index contributed by atoms with van der Waals surface area (Å²) in [7, 11) is 0. The Labute approximate surface area is 95.5 Å². The number of nitrogens with zero attached hydrogens (tertiary/aromatic N) is 2. The number of nitrogens with one attached hydrogen (secondary N) is 1. The number of hydrogen-bond donors (Lipinski definition) is 1. The number of hydrogen-bond acceptors (Lipinski definition) is 3. The van der Waals surface area contributed by atoms with Gasteiger partial charge < -0.3 is 5.32 Å². The van der Waals surface area contributed by atoms with E-state index in [9.17, 15) is 0 Å². The van der Waals surface area contributed by atoms with E-state index in [0.29, 0.717) is 0 Å². The Morgan fingerprint density at radius 1 is 1.06 bits per heavy atom. The van der Waals surface area contributed by atoms with Crippen LogP contribution in [0.25, 0.3) is 0 Å². The van der Waals surface area contributed by atoms with Crippen molar-refractivity contribution in [2.75, 3.05) is 6.54 Å². The first-order chi connectivity index (χ1) is 7.92. The Bertz CT molecular complexity index is 374. The van der Waals surface area contributed by atoms with Gasteiger partial charge in [0.25, 0.3) is 0 Å². The lowest BCUT2D eigenvalue weighted by atomic mass is 10.0. The topological polar surface area (TPSA) is 37.8 Å². The van der Waals surface area contributed by atoms with E-state index in [0.717, 1.165) is 12.1 Å². The number of rotatable bonds is 4. The van der Waals surface area contributed by atoms with Gasteiger partial charge in [-0.3, -0.25) is 0 Å². The van der Waals surface area contributed by atoms with Gasteiger partial charge in [-0.25, -0.2) is 0 Å². The molecule has 1 N–H and O–H groups in total. The van der Waals surface area contributed by atoms with Gasteiger partial charge in [0.05, 0.1) is 12.2 Å². The minimum atomic E-state index is 0.196. The lowest BCUT2D eigenvalue weighted by molar-refractivity contribution is 0.626. The molecule has 0 aliphatic heterocycles. The van der Waals surface area contributed by atoms with E-state index in [1.165, 1.54) is 5.56 Å². The van der Waals surface area contributed by atoms with E-state index in [4.69, 9.17) is 0 Å². The van der Waals surface area contributed by atoms with Crippen molar-refractivity contribution in [1.82, 2.24) is 15.5 Å². The molecule has 0 radical (unpaired) electrons. The maximum absolute atomic E-state index is 3.92. The summed E-state index contributed by atoms with van der Waals surface area (Å²) < 4.78 is 0. The second-order valence-electron chi connectivity index (χ2n) is 3.58. The molecule has 0 saturated heterocycles. The fourth-order valence-electron chi connectivity index (χ4n) is 1.75. The second-order valence-corrected chi connectivity index (χ2v) is 3.58. The molecule has 2 rings (SSSR count). The molecule has 2 aromatic rings. The van der Waals surface area contributed by atoms with Crippen molar-refractivity contribution < 1.29 is 0 Å². The van der Waals surface area contributed by atoms with Crippen LogP contribution in [0.2, 0.25) is 0 Å². The van der Waals surface area contributed by atoms with Crippen LogP contribution in [-0.4, -0.2) is 16.7 Å². The third kappa shape index (κ3) is 2.44. The van der Waals surface area contributed by atoms with Crippen molar-refractivity contribution in [3.05, 3.63) is 59.9 Å². The predicted molar refractivity (Wildman–Crippen MR) is 64.0 cm³/mol. The van der Waals surface area contributed by atoms with E-state index in [1.807, 2.05) is 24.3 Å². The molecule has 1 unspecified atom stereocenters. The summed E-state index contributed by atoms with van der Waals surface area (Å²) in [5, 5.41) is 11.2. The molecule has 1 heterocycles. The van der Waals surface area contributed by atoms with Gasteiger partial charge in [-0.05, 0) is 23.7 Å². The third-order valence-corrected chi connectivity index (χ3v) is 2.48. The predicted octanol–water partition coefficient (Wildman–Crippen LogP) is 2.18.